The van der Waals surface area contributed by atoms with Gasteiger partial charge in [0.05, 0.1) is 13.7 Å². The molecule has 0 fully saturated rings. The van der Waals surface area contributed by atoms with Gasteiger partial charge >= 0.3 is 5.97 Å². The Kier molecular flexibility index (Phi) is 5.44. The highest BCUT2D eigenvalue weighted by Gasteiger charge is 2.20. The Labute approximate surface area is 112 Å². The van der Waals surface area contributed by atoms with Crippen LogP contribution in [0.25, 0.3) is 0 Å². The SMILES string of the molecule is COC(=O)[C@@H](C)N(C)CC(=O)Nc1cc(C)ccn1. The van der Waals surface area contributed by atoms with E-state index in [2.05, 4.69) is 15.0 Å². The first-order valence-corrected chi connectivity index (χ1v) is 5.94. The van der Waals surface area contributed by atoms with E-state index in [9.17, 15) is 9.59 Å². The van der Waals surface area contributed by atoms with Crippen LogP contribution in [0.2, 0.25) is 0 Å². The van der Waals surface area contributed by atoms with Gasteiger partial charge in [-0.1, -0.05) is 0 Å². The molecule has 6 heteroatoms. The second kappa shape index (κ2) is 6.84. The molecule has 1 heterocycles. The number of amides is 1. The zero-order valence-corrected chi connectivity index (χ0v) is 11.6. The molecule has 0 radical (unpaired) electrons. The minimum atomic E-state index is -0.471. The Morgan fingerprint density at radius 2 is 2.21 bits per heavy atom. The summed E-state index contributed by atoms with van der Waals surface area (Å²) >= 11 is 0. The number of aromatic nitrogens is 1. The fraction of sp³-hybridized carbons (Fsp3) is 0.462. The molecule has 0 aliphatic carbocycles. The molecule has 6 nitrogen and oxygen atoms in total. The quantitative estimate of drug-likeness (QED) is 0.798. The molecule has 0 aliphatic heterocycles. The molecular formula is C13H19N3O3. The molecule has 1 aromatic rings. The van der Waals surface area contributed by atoms with Gasteiger partial charge in [-0.15, -0.1) is 0 Å². The first-order chi connectivity index (χ1) is 8.93. The van der Waals surface area contributed by atoms with Crippen LogP contribution in [-0.4, -0.2) is 48.5 Å². The average molecular weight is 265 g/mol. The van der Waals surface area contributed by atoms with Crippen LogP contribution in [0.4, 0.5) is 5.82 Å². The molecule has 0 spiro atoms. The van der Waals surface area contributed by atoms with Gasteiger partial charge in [-0.2, -0.15) is 0 Å². The third-order valence-corrected chi connectivity index (χ3v) is 2.78. The van der Waals surface area contributed by atoms with Crippen LogP contribution in [0.3, 0.4) is 0 Å². The van der Waals surface area contributed by atoms with Gasteiger partial charge in [-0.05, 0) is 38.6 Å². The zero-order chi connectivity index (χ0) is 14.4. The smallest absolute Gasteiger partial charge is 0.322 e. The van der Waals surface area contributed by atoms with E-state index in [4.69, 9.17) is 0 Å². The van der Waals surface area contributed by atoms with Crippen molar-refractivity contribution in [3.8, 4) is 0 Å². The van der Waals surface area contributed by atoms with Crippen molar-refractivity contribution in [1.29, 1.82) is 0 Å². The van der Waals surface area contributed by atoms with Crippen molar-refractivity contribution in [1.82, 2.24) is 9.88 Å². The highest BCUT2D eigenvalue weighted by molar-refractivity contribution is 5.91. The fourth-order valence-electron chi connectivity index (χ4n) is 1.50. The molecule has 1 N–H and O–H groups in total. The second-order valence-corrected chi connectivity index (χ2v) is 4.38. The number of anilines is 1. The minimum absolute atomic E-state index is 0.0892. The molecule has 0 bridgehead atoms. The van der Waals surface area contributed by atoms with E-state index in [0.717, 1.165) is 5.56 Å². The molecule has 1 rings (SSSR count). The second-order valence-electron chi connectivity index (χ2n) is 4.38. The average Bonchev–Trinajstić information content (AvgIpc) is 2.36. The zero-order valence-electron chi connectivity index (χ0n) is 11.6. The summed E-state index contributed by atoms with van der Waals surface area (Å²) in [6, 6.07) is 3.16. The van der Waals surface area contributed by atoms with Gasteiger partial charge in [-0.25, -0.2) is 4.98 Å². The van der Waals surface area contributed by atoms with Crippen LogP contribution in [0.5, 0.6) is 0 Å². The molecule has 0 aliphatic rings. The van der Waals surface area contributed by atoms with Crippen molar-refractivity contribution in [2.45, 2.75) is 19.9 Å². The van der Waals surface area contributed by atoms with Crippen molar-refractivity contribution in [2.24, 2.45) is 0 Å². The number of nitrogens with one attached hydrogen (secondary N) is 1. The van der Waals surface area contributed by atoms with E-state index in [1.165, 1.54) is 7.11 Å². The maximum absolute atomic E-state index is 11.8. The Morgan fingerprint density at radius 3 is 2.79 bits per heavy atom. The number of rotatable bonds is 5. The lowest BCUT2D eigenvalue weighted by molar-refractivity contribution is -0.146. The Balaban J connectivity index is 2.53. The normalized spacial score (nSPS) is 12.1. The van der Waals surface area contributed by atoms with Crippen molar-refractivity contribution in [2.75, 3.05) is 26.0 Å². The van der Waals surface area contributed by atoms with Crippen LogP contribution < -0.4 is 5.32 Å². The predicted octanol–water partition coefficient (Wildman–Crippen LogP) is 0.822. The van der Waals surface area contributed by atoms with Crippen LogP contribution in [-0.2, 0) is 14.3 Å². The van der Waals surface area contributed by atoms with E-state index >= 15 is 0 Å². The van der Waals surface area contributed by atoms with E-state index in [1.807, 2.05) is 13.0 Å². The molecule has 19 heavy (non-hydrogen) atoms. The number of likely N-dealkylation sites (N-methyl/N-ethyl adjacent to an activating group) is 1. The summed E-state index contributed by atoms with van der Waals surface area (Å²) < 4.78 is 4.62. The molecule has 1 aromatic heterocycles. The van der Waals surface area contributed by atoms with Crippen molar-refractivity contribution < 1.29 is 14.3 Å². The Hall–Kier alpha value is -1.95. The summed E-state index contributed by atoms with van der Waals surface area (Å²) in [6.45, 7) is 3.69. The van der Waals surface area contributed by atoms with Gasteiger partial charge in [0.15, 0.2) is 0 Å². The number of carbonyl (C=O) groups excluding carboxylic acids is 2. The van der Waals surface area contributed by atoms with E-state index < -0.39 is 6.04 Å². The predicted molar refractivity (Wildman–Crippen MR) is 71.7 cm³/mol. The number of methoxy groups -OCH3 is 1. The standard InChI is InChI=1S/C13H19N3O3/c1-9-5-6-14-11(7-9)15-12(17)8-16(3)10(2)13(18)19-4/h5-7,10H,8H2,1-4H3,(H,14,15,17)/t10-/m1/s1. The number of carbonyl (C=O) groups is 2. The molecule has 0 unspecified atom stereocenters. The van der Waals surface area contributed by atoms with Crippen LogP contribution in [0, 0.1) is 6.92 Å². The van der Waals surface area contributed by atoms with E-state index in [-0.39, 0.29) is 18.4 Å². The van der Waals surface area contributed by atoms with Crippen LogP contribution >= 0.6 is 0 Å². The Morgan fingerprint density at radius 1 is 1.53 bits per heavy atom. The number of pyridine rings is 1. The number of nitrogens with zero attached hydrogens (tertiary/aromatic N) is 2. The number of aryl methyl sites for hydroxylation is 1. The summed E-state index contributed by atoms with van der Waals surface area (Å²) in [5.41, 5.74) is 1.02. The topological polar surface area (TPSA) is 71.5 Å². The third kappa shape index (κ3) is 4.67. The summed E-state index contributed by atoms with van der Waals surface area (Å²) in [7, 11) is 3.01. The van der Waals surface area contributed by atoms with Crippen LogP contribution in [0.1, 0.15) is 12.5 Å². The first kappa shape index (κ1) is 15.1. The Bertz CT molecular complexity index is 462. The number of hydrogen-bond donors (Lipinski definition) is 1. The maximum Gasteiger partial charge on any atom is 0.322 e. The van der Waals surface area contributed by atoms with Gasteiger partial charge in [-0.3, -0.25) is 14.5 Å². The van der Waals surface area contributed by atoms with Crippen molar-refractivity contribution >= 4 is 17.7 Å². The van der Waals surface area contributed by atoms with Crippen molar-refractivity contribution in [3.63, 3.8) is 0 Å². The third-order valence-electron chi connectivity index (χ3n) is 2.78. The number of esters is 1. The monoisotopic (exact) mass is 265 g/mol. The molecule has 1 amide bonds. The largest absolute Gasteiger partial charge is 0.468 e. The molecule has 104 valence electrons. The fourth-order valence-corrected chi connectivity index (χ4v) is 1.50. The summed E-state index contributed by atoms with van der Waals surface area (Å²) in [5.74, 6) is -0.0931. The number of hydrogen-bond acceptors (Lipinski definition) is 5. The lowest BCUT2D eigenvalue weighted by atomic mass is 10.3. The molecule has 1 atom stereocenters. The van der Waals surface area contributed by atoms with E-state index in [1.54, 1.807) is 31.1 Å². The molecule has 0 saturated heterocycles. The maximum atomic E-state index is 11.8. The molecule has 0 aromatic carbocycles. The summed E-state index contributed by atoms with van der Waals surface area (Å²) in [6.07, 6.45) is 1.63. The van der Waals surface area contributed by atoms with Gasteiger partial charge in [0.1, 0.15) is 11.9 Å². The van der Waals surface area contributed by atoms with Gasteiger partial charge in [0.2, 0.25) is 5.91 Å². The minimum Gasteiger partial charge on any atom is -0.468 e. The van der Waals surface area contributed by atoms with Crippen LogP contribution in [0.15, 0.2) is 18.3 Å². The lowest BCUT2D eigenvalue weighted by Crippen LogP contribution is -2.41. The van der Waals surface area contributed by atoms with Gasteiger partial charge < -0.3 is 10.1 Å². The highest BCUT2D eigenvalue weighted by atomic mass is 16.5. The van der Waals surface area contributed by atoms with Crippen molar-refractivity contribution in [3.05, 3.63) is 23.9 Å². The van der Waals surface area contributed by atoms with Gasteiger partial charge in [0.25, 0.3) is 0 Å². The summed E-state index contributed by atoms with van der Waals surface area (Å²) in [5, 5.41) is 2.68. The first-order valence-electron chi connectivity index (χ1n) is 5.94. The molecule has 0 saturated carbocycles. The lowest BCUT2D eigenvalue weighted by Gasteiger charge is -2.21. The van der Waals surface area contributed by atoms with E-state index in [0.29, 0.717) is 5.82 Å². The molecular weight excluding hydrogens is 246 g/mol. The van der Waals surface area contributed by atoms with Gasteiger partial charge in [0, 0.05) is 6.20 Å². The summed E-state index contributed by atoms with van der Waals surface area (Å²) in [4.78, 5) is 28.8. The number of ether oxygens (including phenoxy) is 1. The highest BCUT2D eigenvalue weighted by Crippen LogP contribution is 2.05.